The van der Waals surface area contributed by atoms with E-state index in [9.17, 15) is 9.90 Å². The van der Waals surface area contributed by atoms with Gasteiger partial charge < -0.3 is 15.7 Å². The van der Waals surface area contributed by atoms with Gasteiger partial charge in [0, 0.05) is 11.3 Å². The first kappa shape index (κ1) is 14.7. The van der Waals surface area contributed by atoms with Crippen LogP contribution >= 0.6 is 0 Å². The smallest absolute Gasteiger partial charge is 0.323 e. The Kier molecular flexibility index (Phi) is 4.25. The number of rotatable bonds is 3. The van der Waals surface area contributed by atoms with Gasteiger partial charge in [0.25, 0.3) is 0 Å². The second kappa shape index (κ2) is 6.66. The van der Waals surface area contributed by atoms with Crippen molar-refractivity contribution in [1.82, 2.24) is 0 Å². The highest BCUT2D eigenvalue weighted by molar-refractivity contribution is 6.02. The van der Waals surface area contributed by atoms with Crippen LogP contribution in [0.4, 0.5) is 16.2 Å². The van der Waals surface area contributed by atoms with E-state index in [2.05, 4.69) is 10.6 Å². The Morgan fingerprint density at radius 1 is 0.783 bits per heavy atom. The zero-order valence-electron chi connectivity index (χ0n) is 12.4. The number of hydrogen-bond donors (Lipinski definition) is 3. The van der Waals surface area contributed by atoms with Crippen molar-refractivity contribution >= 4 is 17.4 Å². The Morgan fingerprint density at radius 2 is 1.43 bits per heavy atom. The van der Waals surface area contributed by atoms with Crippen molar-refractivity contribution in [2.75, 3.05) is 10.6 Å². The lowest BCUT2D eigenvalue weighted by molar-refractivity contribution is 0.262. The summed E-state index contributed by atoms with van der Waals surface area (Å²) in [6, 6.07) is 23.3. The number of aromatic hydroxyl groups is 1. The van der Waals surface area contributed by atoms with Crippen LogP contribution in [0.3, 0.4) is 0 Å². The molecule has 3 aromatic carbocycles. The lowest BCUT2D eigenvalue weighted by Gasteiger charge is -2.13. The summed E-state index contributed by atoms with van der Waals surface area (Å²) in [5.41, 5.74) is 3.01. The number of carbonyl (C=O) groups is 1. The molecule has 0 unspecified atom stereocenters. The van der Waals surface area contributed by atoms with Crippen LogP contribution in [0.2, 0.25) is 0 Å². The van der Waals surface area contributed by atoms with E-state index in [0.717, 1.165) is 11.1 Å². The Balaban J connectivity index is 1.84. The van der Waals surface area contributed by atoms with E-state index in [0.29, 0.717) is 11.4 Å². The van der Waals surface area contributed by atoms with Crippen LogP contribution in [0.5, 0.6) is 5.75 Å². The average molecular weight is 304 g/mol. The number of hydrogen-bond acceptors (Lipinski definition) is 2. The predicted molar refractivity (Wildman–Crippen MR) is 92.6 cm³/mol. The number of carbonyl (C=O) groups excluding carboxylic acids is 1. The molecule has 4 nitrogen and oxygen atoms in total. The largest absolute Gasteiger partial charge is 0.508 e. The number of phenols is 1. The minimum absolute atomic E-state index is 0.151. The van der Waals surface area contributed by atoms with Crippen molar-refractivity contribution in [2.24, 2.45) is 0 Å². The second-order valence-electron chi connectivity index (χ2n) is 5.04. The molecule has 0 aliphatic rings. The molecule has 114 valence electrons. The van der Waals surface area contributed by atoms with Crippen molar-refractivity contribution in [1.29, 1.82) is 0 Å². The van der Waals surface area contributed by atoms with Crippen LogP contribution in [-0.2, 0) is 0 Å². The van der Waals surface area contributed by atoms with Crippen LogP contribution in [0.25, 0.3) is 11.1 Å². The minimum Gasteiger partial charge on any atom is -0.508 e. The first-order valence-electron chi connectivity index (χ1n) is 7.24. The quantitative estimate of drug-likeness (QED) is 0.614. The molecule has 0 radical (unpaired) electrons. The second-order valence-corrected chi connectivity index (χ2v) is 5.04. The Hall–Kier alpha value is -3.27. The third-order valence-electron chi connectivity index (χ3n) is 3.37. The summed E-state index contributed by atoms with van der Waals surface area (Å²) in [7, 11) is 0. The number of anilines is 2. The number of amides is 2. The summed E-state index contributed by atoms with van der Waals surface area (Å²) in [6.45, 7) is 0. The number of phenolic OH excluding ortho intramolecular Hbond substituents is 1. The third-order valence-corrected chi connectivity index (χ3v) is 3.37. The number of para-hydroxylation sites is 1. The normalized spacial score (nSPS) is 10.1. The fourth-order valence-corrected chi connectivity index (χ4v) is 2.30. The molecule has 23 heavy (non-hydrogen) atoms. The molecule has 0 aliphatic carbocycles. The Bertz CT molecular complexity index is 802. The molecule has 0 saturated carbocycles. The molecule has 0 fully saturated rings. The fraction of sp³-hybridized carbons (Fsp3) is 0. The predicted octanol–water partition coefficient (Wildman–Crippen LogP) is 4.70. The topological polar surface area (TPSA) is 61.4 Å². The van der Waals surface area contributed by atoms with E-state index >= 15 is 0 Å². The average Bonchev–Trinajstić information content (AvgIpc) is 2.58. The van der Waals surface area contributed by atoms with Gasteiger partial charge in [-0.15, -0.1) is 0 Å². The third kappa shape index (κ3) is 3.68. The van der Waals surface area contributed by atoms with Gasteiger partial charge in [0.2, 0.25) is 0 Å². The maximum Gasteiger partial charge on any atom is 0.323 e. The molecule has 0 aromatic heterocycles. The molecule has 0 heterocycles. The van der Waals surface area contributed by atoms with Gasteiger partial charge in [0.15, 0.2) is 0 Å². The van der Waals surface area contributed by atoms with Gasteiger partial charge in [-0.1, -0.05) is 48.5 Å². The van der Waals surface area contributed by atoms with Crippen LogP contribution < -0.4 is 10.6 Å². The first-order chi connectivity index (χ1) is 11.2. The molecule has 0 spiro atoms. The van der Waals surface area contributed by atoms with Crippen LogP contribution in [-0.4, -0.2) is 11.1 Å². The van der Waals surface area contributed by atoms with Crippen molar-refractivity contribution < 1.29 is 9.90 Å². The Morgan fingerprint density at radius 3 is 2.13 bits per heavy atom. The maximum absolute atomic E-state index is 12.2. The molecule has 4 heteroatoms. The van der Waals surface area contributed by atoms with E-state index < -0.39 is 0 Å². The molecular weight excluding hydrogens is 288 g/mol. The zero-order valence-corrected chi connectivity index (χ0v) is 12.4. The van der Waals surface area contributed by atoms with Crippen LogP contribution in [0, 0.1) is 0 Å². The SMILES string of the molecule is O=C(Nc1ccccc1)Nc1ccc(O)cc1-c1ccccc1. The highest BCUT2D eigenvalue weighted by Gasteiger charge is 2.09. The van der Waals surface area contributed by atoms with E-state index in [1.807, 2.05) is 60.7 Å². The van der Waals surface area contributed by atoms with E-state index in [4.69, 9.17) is 0 Å². The number of benzene rings is 3. The fourth-order valence-electron chi connectivity index (χ4n) is 2.30. The summed E-state index contributed by atoms with van der Waals surface area (Å²) < 4.78 is 0. The summed E-state index contributed by atoms with van der Waals surface area (Å²) >= 11 is 0. The summed E-state index contributed by atoms with van der Waals surface area (Å²) in [6.07, 6.45) is 0. The summed E-state index contributed by atoms with van der Waals surface area (Å²) in [5, 5.41) is 15.3. The zero-order chi connectivity index (χ0) is 16.1. The van der Waals surface area contributed by atoms with Gasteiger partial charge in [-0.3, -0.25) is 0 Å². The molecule has 3 rings (SSSR count). The first-order valence-corrected chi connectivity index (χ1v) is 7.24. The van der Waals surface area contributed by atoms with Crippen molar-refractivity contribution in [3.63, 3.8) is 0 Å². The lowest BCUT2D eigenvalue weighted by Crippen LogP contribution is -2.19. The maximum atomic E-state index is 12.2. The van der Waals surface area contributed by atoms with Gasteiger partial charge in [-0.25, -0.2) is 4.79 Å². The number of urea groups is 1. The van der Waals surface area contributed by atoms with Gasteiger partial charge in [0.1, 0.15) is 5.75 Å². The summed E-state index contributed by atoms with van der Waals surface area (Å²) in [5.74, 6) is 0.151. The molecule has 2 amide bonds. The molecular formula is C19H16N2O2. The van der Waals surface area contributed by atoms with Crippen molar-refractivity contribution in [2.45, 2.75) is 0 Å². The monoisotopic (exact) mass is 304 g/mol. The molecule has 3 N–H and O–H groups in total. The standard InChI is InChI=1S/C19H16N2O2/c22-16-11-12-18(17(13-16)14-7-3-1-4-8-14)21-19(23)20-15-9-5-2-6-10-15/h1-13,22H,(H2,20,21,23). The molecule has 0 bridgehead atoms. The summed E-state index contributed by atoms with van der Waals surface area (Å²) in [4.78, 5) is 12.2. The van der Waals surface area contributed by atoms with Gasteiger partial charge in [-0.2, -0.15) is 0 Å². The van der Waals surface area contributed by atoms with E-state index in [1.165, 1.54) is 0 Å². The van der Waals surface area contributed by atoms with Crippen molar-refractivity contribution in [3.8, 4) is 16.9 Å². The highest BCUT2D eigenvalue weighted by atomic mass is 16.3. The lowest BCUT2D eigenvalue weighted by atomic mass is 10.0. The number of nitrogens with one attached hydrogen (secondary N) is 2. The highest BCUT2D eigenvalue weighted by Crippen LogP contribution is 2.31. The van der Waals surface area contributed by atoms with Gasteiger partial charge >= 0.3 is 6.03 Å². The Labute approximate surface area is 134 Å². The van der Waals surface area contributed by atoms with Crippen molar-refractivity contribution in [3.05, 3.63) is 78.9 Å². The molecule has 0 saturated heterocycles. The molecule has 3 aromatic rings. The molecule has 0 aliphatic heterocycles. The van der Waals surface area contributed by atoms with Gasteiger partial charge in [-0.05, 0) is 35.9 Å². The van der Waals surface area contributed by atoms with Crippen LogP contribution in [0.1, 0.15) is 0 Å². The van der Waals surface area contributed by atoms with E-state index in [-0.39, 0.29) is 11.8 Å². The van der Waals surface area contributed by atoms with Crippen LogP contribution in [0.15, 0.2) is 78.9 Å². The van der Waals surface area contributed by atoms with E-state index in [1.54, 1.807) is 18.2 Å². The minimum atomic E-state index is -0.334. The molecule has 0 atom stereocenters. The van der Waals surface area contributed by atoms with Gasteiger partial charge in [0.05, 0.1) is 5.69 Å².